The first kappa shape index (κ1) is 15.9. The molecule has 19 heavy (non-hydrogen) atoms. The molecule has 0 unspecified atom stereocenters. The summed E-state index contributed by atoms with van der Waals surface area (Å²) in [4.78, 5) is 29.1. The van der Waals surface area contributed by atoms with Gasteiger partial charge in [0.05, 0.1) is 6.61 Å². The molecule has 104 valence electrons. The largest absolute Gasteiger partial charge is 0.462 e. The Morgan fingerprint density at radius 2 is 1.95 bits per heavy atom. The molecule has 0 aromatic heterocycles. The van der Waals surface area contributed by atoms with Crippen molar-refractivity contribution >= 4 is 24.5 Å². The number of benzene rings is 1. The molecular weight excluding hydrogens is 287 g/mol. The van der Waals surface area contributed by atoms with Gasteiger partial charge in [0.15, 0.2) is 0 Å². The molecule has 0 radical (unpaired) electrons. The van der Waals surface area contributed by atoms with E-state index < -0.39 is 12.7 Å². The molecule has 7 heteroatoms. The van der Waals surface area contributed by atoms with E-state index >= 15 is 0 Å². The van der Waals surface area contributed by atoms with E-state index in [2.05, 4.69) is 18.4 Å². The van der Waals surface area contributed by atoms with Gasteiger partial charge >= 0.3 is 12.7 Å². The van der Waals surface area contributed by atoms with Gasteiger partial charge in [-0.2, -0.15) is 0 Å². The molecular formula is C12H15O5PS. The van der Waals surface area contributed by atoms with E-state index in [0.29, 0.717) is 12.0 Å². The molecule has 0 aliphatic carbocycles. The second-order valence-corrected chi connectivity index (χ2v) is 6.48. The van der Waals surface area contributed by atoms with Gasteiger partial charge in [-0.05, 0) is 24.6 Å². The molecule has 1 rings (SSSR count). The minimum atomic E-state index is -3.69. The summed E-state index contributed by atoms with van der Waals surface area (Å²) in [6.45, 7) is 1.63. The second kappa shape index (κ2) is 6.82. The van der Waals surface area contributed by atoms with Crippen LogP contribution >= 0.6 is 6.72 Å². The summed E-state index contributed by atoms with van der Waals surface area (Å²) in [7, 11) is 0. The van der Waals surface area contributed by atoms with Gasteiger partial charge in [0.25, 0.3) is 0 Å². The van der Waals surface area contributed by atoms with Crippen LogP contribution in [0.5, 0.6) is 5.75 Å². The van der Waals surface area contributed by atoms with Crippen molar-refractivity contribution in [3.63, 3.8) is 0 Å². The van der Waals surface area contributed by atoms with Crippen LogP contribution in [0.15, 0.2) is 36.4 Å². The van der Waals surface area contributed by atoms with E-state index in [1.807, 2.05) is 0 Å². The van der Waals surface area contributed by atoms with E-state index in [4.69, 9.17) is 19.0 Å². The van der Waals surface area contributed by atoms with Gasteiger partial charge in [-0.1, -0.05) is 18.7 Å². The molecule has 0 aliphatic heterocycles. The van der Waals surface area contributed by atoms with Crippen LogP contribution < -0.4 is 4.52 Å². The molecule has 1 aromatic rings. The monoisotopic (exact) mass is 302 g/mol. The molecule has 2 N–H and O–H groups in total. The SMILES string of the molecule is C=C(C)C(=O)OCCc1ccc(OP(O)(O)=S)cc1. The quantitative estimate of drug-likeness (QED) is 0.475. The summed E-state index contributed by atoms with van der Waals surface area (Å²) in [5.74, 6) is -0.128. The van der Waals surface area contributed by atoms with Crippen LogP contribution in [0.3, 0.4) is 0 Å². The fourth-order valence-corrected chi connectivity index (χ4v) is 1.89. The third-order valence-corrected chi connectivity index (χ3v) is 2.79. The Kier molecular flexibility index (Phi) is 5.69. The summed E-state index contributed by atoms with van der Waals surface area (Å²) in [5.41, 5.74) is 1.28. The lowest BCUT2D eigenvalue weighted by atomic mass is 10.1. The molecule has 1 aromatic carbocycles. The predicted molar refractivity (Wildman–Crippen MR) is 75.3 cm³/mol. The van der Waals surface area contributed by atoms with Crippen molar-refractivity contribution in [2.75, 3.05) is 6.61 Å². The van der Waals surface area contributed by atoms with Crippen molar-refractivity contribution in [2.45, 2.75) is 13.3 Å². The third kappa shape index (κ3) is 6.50. The summed E-state index contributed by atoms with van der Waals surface area (Å²) >= 11 is 4.36. The van der Waals surface area contributed by atoms with Crippen molar-refractivity contribution in [3.05, 3.63) is 42.0 Å². The standard InChI is InChI=1S/C12H15O5PS/c1-9(2)12(13)16-8-7-10-3-5-11(6-4-10)17-18(14,15)19/h3-6H,1,7-8H2,2H3,(H2,14,15,19). The maximum absolute atomic E-state index is 11.1. The first-order valence-electron chi connectivity index (χ1n) is 5.44. The van der Waals surface area contributed by atoms with Crippen LogP contribution in [-0.4, -0.2) is 22.4 Å². The molecule has 5 nitrogen and oxygen atoms in total. The Hall–Kier alpha value is -1.20. The zero-order valence-corrected chi connectivity index (χ0v) is 12.1. The highest BCUT2D eigenvalue weighted by atomic mass is 32.5. The van der Waals surface area contributed by atoms with E-state index in [-0.39, 0.29) is 12.4 Å². The van der Waals surface area contributed by atoms with E-state index in [0.717, 1.165) is 5.56 Å². The number of ether oxygens (including phenoxy) is 1. The molecule has 0 spiro atoms. The zero-order chi connectivity index (χ0) is 14.5. The van der Waals surface area contributed by atoms with Crippen LogP contribution in [0.1, 0.15) is 12.5 Å². The van der Waals surface area contributed by atoms with E-state index in [9.17, 15) is 4.79 Å². The average molecular weight is 302 g/mol. The van der Waals surface area contributed by atoms with Crippen molar-refractivity contribution < 1.29 is 23.8 Å². The molecule has 0 bridgehead atoms. The minimum absolute atomic E-state index is 0.254. The van der Waals surface area contributed by atoms with Crippen LogP contribution in [0.2, 0.25) is 0 Å². The van der Waals surface area contributed by atoms with Gasteiger partial charge in [0.1, 0.15) is 5.75 Å². The van der Waals surface area contributed by atoms with Gasteiger partial charge in [0, 0.05) is 23.8 Å². The van der Waals surface area contributed by atoms with Crippen LogP contribution in [0, 0.1) is 0 Å². The van der Waals surface area contributed by atoms with Gasteiger partial charge in [-0.25, -0.2) is 4.79 Å². The Labute approximate surface area is 116 Å². The third-order valence-electron chi connectivity index (χ3n) is 2.12. The number of hydrogen-bond donors (Lipinski definition) is 2. The van der Waals surface area contributed by atoms with Crippen molar-refractivity contribution in [2.24, 2.45) is 0 Å². The molecule has 0 atom stereocenters. The molecule has 0 fully saturated rings. The number of hydrogen-bond acceptors (Lipinski definition) is 4. The lowest BCUT2D eigenvalue weighted by Crippen LogP contribution is -2.07. The summed E-state index contributed by atoms with van der Waals surface area (Å²) < 4.78 is 9.73. The van der Waals surface area contributed by atoms with Gasteiger partial charge in [-0.3, -0.25) is 0 Å². The van der Waals surface area contributed by atoms with E-state index in [1.165, 1.54) is 0 Å². The topological polar surface area (TPSA) is 76.0 Å². The molecule has 0 amide bonds. The maximum atomic E-state index is 11.1. The fourth-order valence-electron chi connectivity index (χ4n) is 1.24. The van der Waals surface area contributed by atoms with Crippen molar-refractivity contribution in [3.8, 4) is 5.75 Å². The van der Waals surface area contributed by atoms with Crippen molar-refractivity contribution in [1.29, 1.82) is 0 Å². The van der Waals surface area contributed by atoms with Crippen molar-refractivity contribution in [1.82, 2.24) is 0 Å². The highest BCUT2D eigenvalue weighted by molar-refractivity contribution is 8.06. The molecule has 0 saturated carbocycles. The average Bonchev–Trinajstić information content (AvgIpc) is 2.29. The Morgan fingerprint density at radius 3 is 2.42 bits per heavy atom. The predicted octanol–water partition coefficient (Wildman–Crippen LogP) is 1.94. The Morgan fingerprint density at radius 1 is 1.37 bits per heavy atom. The normalized spacial score (nSPS) is 10.9. The number of esters is 1. The van der Waals surface area contributed by atoms with Gasteiger partial charge in [0.2, 0.25) is 0 Å². The lowest BCUT2D eigenvalue weighted by Gasteiger charge is -2.10. The van der Waals surface area contributed by atoms with Crippen LogP contribution in [0.25, 0.3) is 0 Å². The number of carbonyl (C=O) groups excluding carboxylic acids is 1. The number of rotatable bonds is 6. The van der Waals surface area contributed by atoms with Gasteiger partial charge in [-0.15, -0.1) is 0 Å². The fraction of sp³-hybridized carbons (Fsp3) is 0.250. The summed E-state index contributed by atoms with van der Waals surface area (Å²) in [6, 6.07) is 6.61. The molecule has 0 aliphatic rings. The minimum Gasteiger partial charge on any atom is -0.462 e. The van der Waals surface area contributed by atoms with Crippen LogP contribution in [-0.2, 0) is 27.8 Å². The zero-order valence-electron chi connectivity index (χ0n) is 10.4. The Bertz CT molecular complexity index is 505. The summed E-state index contributed by atoms with van der Waals surface area (Å²) in [6.07, 6.45) is 0.547. The first-order chi connectivity index (χ1) is 8.78. The molecule has 0 saturated heterocycles. The highest BCUT2D eigenvalue weighted by Gasteiger charge is 2.09. The van der Waals surface area contributed by atoms with Crippen LogP contribution in [0.4, 0.5) is 0 Å². The Balaban J connectivity index is 2.47. The maximum Gasteiger partial charge on any atom is 0.375 e. The second-order valence-electron chi connectivity index (χ2n) is 3.89. The lowest BCUT2D eigenvalue weighted by molar-refractivity contribution is -0.138. The van der Waals surface area contributed by atoms with E-state index in [1.54, 1.807) is 31.2 Å². The molecule has 0 heterocycles. The number of carbonyl (C=O) groups is 1. The van der Waals surface area contributed by atoms with Gasteiger partial charge < -0.3 is 19.0 Å². The summed E-state index contributed by atoms with van der Waals surface area (Å²) in [5, 5.41) is 0. The first-order valence-corrected chi connectivity index (χ1v) is 8.07. The smallest absolute Gasteiger partial charge is 0.375 e. The highest BCUT2D eigenvalue weighted by Crippen LogP contribution is 2.37.